The van der Waals surface area contributed by atoms with Gasteiger partial charge < -0.3 is 10.0 Å². The maximum absolute atomic E-state index is 13.0. The second-order valence-corrected chi connectivity index (χ2v) is 7.13. The van der Waals surface area contributed by atoms with Crippen LogP contribution in [0.5, 0.6) is 0 Å². The third-order valence-corrected chi connectivity index (χ3v) is 5.65. The van der Waals surface area contributed by atoms with Crippen LogP contribution in [0.2, 0.25) is 5.02 Å². The van der Waals surface area contributed by atoms with Crippen LogP contribution in [0, 0.1) is 0 Å². The SMILES string of the molecule is O=C(c1ccn(-c2ccc(Cl)cc2)n1)N1CCC(O)C12CCCC2. The fourth-order valence-electron chi connectivity index (χ4n) is 4.13. The molecular weight excluding hydrogens is 326 g/mol. The molecular formula is C18H20ClN3O2. The lowest BCUT2D eigenvalue weighted by molar-refractivity contribution is 0.0256. The molecule has 0 radical (unpaired) electrons. The summed E-state index contributed by atoms with van der Waals surface area (Å²) in [5, 5.41) is 15.5. The van der Waals surface area contributed by atoms with Crippen LogP contribution >= 0.6 is 11.6 Å². The standard InChI is InChI=1S/C18H20ClN3O2/c19-13-3-5-14(6-4-13)22-12-7-15(20-22)17(24)21-11-8-16(23)18(21)9-1-2-10-18/h3-7,12,16,23H,1-2,8-11H2. The van der Waals surface area contributed by atoms with Crippen LogP contribution in [0.3, 0.4) is 0 Å². The van der Waals surface area contributed by atoms with Crippen LogP contribution in [-0.4, -0.2) is 43.9 Å². The summed E-state index contributed by atoms with van der Waals surface area (Å²) in [6.07, 6.45) is 5.94. The van der Waals surface area contributed by atoms with Gasteiger partial charge >= 0.3 is 0 Å². The molecule has 1 saturated heterocycles. The number of aliphatic hydroxyl groups excluding tert-OH is 1. The van der Waals surface area contributed by atoms with Crippen molar-refractivity contribution in [1.82, 2.24) is 14.7 Å². The zero-order valence-electron chi connectivity index (χ0n) is 13.4. The third-order valence-electron chi connectivity index (χ3n) is 5.40. The van der Waals surface area contributed by atoms with E-state index in [4.69, 9.17) is 11.6 Å². The summed E-state index contributed by atoms with van der Waals surface area (Å²) in [6, 6.07) is 9.06. The van der Waals surface area contributed by atoms with E-state index >= 15 is 0 Å². The molecule has 126 valence electrons. The van der Waals surface area contributed by atoms with Gasteiger partial charge in [-0.15, -0.1) is 0 Å². The monoisotopic (exact) mass is 345 g/mol. The Balaban J connectivity index is 1.60. The Morgan fingerprint density at radius 2 is 1.92 bits per heavy atom. The van der Waals surface area contributed by atoms with Gasteiger partial charge in [0.15, 0.2) is 5.69 Å². The number of halogens is 1. The van der Waals surface area contributed by atoms with Gasteiger partial charge in [0.05, 0.1) is 17.3 Å². The molecule has 1 saturated carbocycles. The first-order valence-corrected chi connectivity index (χ1v) is 8.80. The number of carbonyl (C=O) groups excluding carboxylic acids is 1. The molecule has 2 aromatic rings. The van der Waals surface area contributed by atoms with E-state index in [9.17, 15) is 9.90 Å². The molecule has 1 atom stereocenters. The predicted molar refractivity (Wildman–Crippen MR) is 91.4 cm³/mol. The third kappa shape index (κ3) is 2.43. The fraction of sp³-hybridized carbons (Fsp3) is 0.444. The summed E-state index contributed by atoms with van der Waals surface area (Å²) in [5.74, 6) is -0.0823. The molecule has 1 aliphatic carbocycles. The highest BCUT2D eigenvalue weighted by Gasteiger charge is 2.51. The minimum Gasteiger partial charge on any atom is -0.391 e. The maximum Gasteiger partial charge on any atom is 0.274 e. The number of benzene rings is 1. The van der Waals surface area contributed by atoms with Crippen molar-refractivity contribution in [2.45, 2.75) is 43.7 Å². The highest BCUT2D eigenvalue weighted by atomic mass is 35.5. The topological polar surface area (TPSA) is 58.4 Å². The summed E-state index contributed by atoms with van der Waals surface area (Å²) >= 11 is 5.91. The minimum atomic E-state index is -0.415. The molecule has 2 heterocycles. The van der Waals surface area contributed by atoms with E-state index in [1.54, 1.807) is 29.1 Å². The second kappa shape index (κ2) is 5.90. The largest absolute Gasteiger partial charge is 0.391 e. The number of likely N-dealkylation sites (tertiary alicyclic amines) is 1. The van der Waals surface area contributed by atoms with Crippen molar-refractivity contribution in [3.63, 3.8) is 0 Å². The minimum absolute atomic E-state index is 0.0823. The Kier molecular flexibility index (Phi) is 3.85. The average Bonchev–Trinajstić information content (AvgIpc) is 3.31. The quantitative estimate of drug-likeness (QED) is 0.910. The van der Waals surface area contributed by atoms with Crippen molar-refractivity contribution in [2.24, 2.45) is 0 Å². The lowest BCUT2D eigenvalue weighted by Crippen LogP contribution is -2.51. The molecule has 0 bridgehead atoms. The predicted octanol–water partition coefficient (Wildman–Crippen LogP) is 3.05. The molecule has 2 fully saturated rings. The van der Waals surface area contributed by atoms with Crippen LogP contribution in [0.25, 0.3) is 5.69 Å². The van der Waals surface area contributed by atoms with E-state index in [1.165, 1.54) is 0 Å². The van der Waals surface area contributed by atoms with Crippen LogP contribution in [0.4, 0.5) is 0 Å². The van der Waals surface area contributed by atoms with E-state index in [2.05, 4.69) is 5.10 Å². The van der Waals surface area contributed by atoms with E-state index in [-0.39, 0.29) is 11.4 Å². The van der Waals surface area contributed by atoms with Crippen LogP contribution < -0.4 is 0 Å². The number of rotatable bonds is 2. The number of nitrogens with zero attached hydrogens (tertiary/aromatic N) is 3. The molecule has 1 aromatic heterocycles. The van der Waals surface area contributed by atoms with E-state index in [0.29, 0.717) is 23.7 Å². The van der Waals surface area contributed by atoms with Gasteiger partial charge in [-0.1, -0.05) is 24.4 Å². The summed E-state index contributed by atoms with van der Waals surface area (Å²) in [6.45, 7) is 0.605. The average molecular weight is 346 g/mol. The van der Waals surface area contributed by atoms with Crippen molar-refractivity contribution in [1.29, 1.82) is 0 Å². The lowest BCUT2D eigenvalue weighted by Gasteiger charge is -2.36. The number of amides is 1. The molecule has 1 unspecified atom stereocenters. The Bertz CT molecular complexity index is 750. The van der Waals surface area contributed by atoms with Gasteiger partial charge in [0.1, 0.15) is 0 Å². The molecule has 1 aliphatic heterocycles. The smallest absolute Gasteiger partial charge is 0.274 e. The first-order valence-electron chi connectivity index (χ1n) is 8.42. The normalized spacial score (nSPS) is 22.4. The van der Waals surface area contributed by atoms with Crippen molar-refractivity contribution < 1.29 is 9.90 Å². The van der Waals surface area contributed by atoms with Gasteiger partial charge in [0, 0.05) is 17.8 Å². The second-order valence-electron chi connectivity index (χ2n) is 6.69. The molecule has 1 aromatic carbocycles. The number of hydrogen-bond acceptors (Lipinski definition) is 3. The van der Waals surface area contributed by atoms with Gasteiger partial charge in [-0.2, -0.15) is 5.10 Å². The zero-order valence-corrected chi connectivity index (χ0v) is 14.1. The van der Waals surface area contributed by atoms with E-state index < -0.39 is 6.10 Å². The van der Waals surface area contributed by atoms with Gasteiger partial charge in [-0.3, -0.25) is 4.79 Å². The zero-order chi connectivity index (χ0) is 16.7. The van der Waals surface area contributed by atoms with Crippen LogP contribution in [0.15, 0.2) is 36.5 Å². The van der Waals surface area contributed by atoms with E-state index in [1.807, 2.05) is 17.0 Å². The first-order chi connectivity index (χ1) is 11.6. The molecule has 6 heteroatoms. The van der Waals surface area contributed by atoms with Crippen molar-refractivity contribution in [3.05, 3.63) is 47.2 Å². The lowest BCUT2D eigenvalue weighted by atomic mass is 9.91. The van der Waals surface area contributed by atoms with Crippen LogP contribution in [0.1, 0.15) is 42.6 Å². The number of aromatic nitrogens is 2. The Morgan fingerprint density at radius 3 is 2.62 bits per heavy atom. The molecule has 1 amide bonds. The van der Waals surface area contributed by atoms with Gasteiger partial charge in [-0.25, -0.2) is 4.68 Å². The van der Waals surface area contributed by atoms with Crippen molar-refractivity contribution in [3.8, 4) is 5.69 Å². The molecule has 24 heavy (non-hydrogen) atoms. The summed E-state index contributed by atoms with van der Waals surface area (Å²) < 4.78 is 1.68. The molecule has 5 nitrogen and oxygen atoms in total. The highest BCUT2D eigenvalue weighted by Crippen LogP contribution is 2.43. The summed E-state index contributed by atoms with van der Waals surface area (Å²) in [5.41, 5.74) is 0.905. The van der Waals surface area contributed by atoms with Gasteiger partial charge in [-0.05, 0) is 49.6 Å². The summed E-state index contributed by atoms with van der Waals surface area (Å²) in [7, 11) is 0. The Morgan fingerprint density at radius 1 is 1.21 bits per heavy atom. The molecule has 1 N–H and O–H groups in total. The molecule has 1 spiro atoms. The molecule has 4 rings (SSSR count). The summed E-state index contributed by atoms with van der Waals surface area (Å²) in [4.78, 5) is 14.8. The van der Waals surface area contributed by atoms with Crippen LogP contribution in [-0.2, 0) is 0 Å². The Hall–Kier alpha value is -1.85. The fourth-order valence-corrected chi connectivity index (χ4v) is 4.26. The van der Waals surface area contributed by atoms with Gasteiger partial charge in [0.25, 0.3) is 5.91 Å². The highest BCUT2D eigenvalue weighted by molar-refractivity contribution is 6.30. The molecule has 2 aliphatic rings. The Labute approximate surface area is 145 Å². The van der Waals surface area contributed by atoms with Crippen molar-refractivity contribution in [2.75, 3.05) is 6.54 Å². The van der Waals surface area contributed by atoms with Gasteiger partial charge in [0.2, 0.25) is 0 Å². The van der Waals surface area contributed by atoms with E-state index in [0.717, 1.165) is 31.4 Å². The maximum atomic E-state index is 13.0. The number of aliphatic hydroxyl groups is 1. The van der Waals surface area contributed by atoms with Crippen molar-refractivity contribution >= 4 is 17.5 Å². The first kappa shape index (κ1) is 15.7. The number of carbonyl (C=O) groups is 1. The number of hydrogen-bond donors (Lipinski definition) is 1.